The first-order valence-corrected chi connectivity index (χ1v) is 8.53. The Hall–Kier alpha value is -2.31. The molecule has 6 nitrogen and oxygen atoms in total. The average molecular weight is 339 g/mol. The zero-order chi connectivity index (χ0) is 17.1. The summed E-state index contributed by atoms with van der Waals surface area (Å²) in [4.78, 5) is 23.0. The van der Waals surface area contributed by atoms with E-state index < -0.39 is 0 Å². The minimum atomic E-state index is -0.126. The first-order valence-electron chi connectivity index (χ1n) is 8.53. The number of hydrogen-bond acceptors (Lipinski definition) is 5. The molecule has 25 heavy (non-hydrogen) atoms. The van der Waals surface area contributed by atoms with Crippen LogP contribution in [0.1, 0.15) is 16.2 Å². The number of ether oxygens (including phenoxy) is 2. The molecule has 130 valence electrons. The van der Waals surface area contributed by atoms with Crippen LogP contribution >= 0.6 is 0 Å². The number of carbonyl (C=O) groups excluding carboxylic acids is 1. The molecular formula is C19H21N3O3. The van der Waals surface area contributed by atoms with Crippen molar-refractivity contribution in [2.75, 3.05) is 32.9 Å². The number of carbonyl (C=O) groups is 1. The Morgan fingerprint density at radius 3 is 2.84 bits per heavy atom. The standard InChI is InChI=1S/C19H21N3O3/c23-18(17-6-2-4-8-21-17)22-9-15-10-24-13-19(15,12-22)14-25-11-16-5-1-3-7-20-16/h1-8,15H,9-14H2/t15-,19+/m1/s1. The Bertz CT molecular complexity index is 725. The molecule has 0 N–H and O–H groups in total. The van der Waals surface area contributed by atoms with Crippen LogP contribution in [0.25, 0.3) is 0 Å². The largest absolute Gasteiger partial charge is 0.380 e. The number of rotatable bonds is 5. The predicted octanol–water partition coefficient (Wildman–Crippen LogP) is 1.78. The number of hydrogen-bond donors (Lipinski definition) is 0. The smallest absolute Gasteiger partial charge is 0.272 e. The third-order valence-corrected chi connectivity index (χ3v) is 5.06. The fourth-order valence-electron chi connectivity index (χ4n) is 3.68. The van der Waals surface area contributed by atoms with E-state index in [9.17, 15) is 4.79 Å². The van der Waals surface area contributed by atoms with Gasteiger partial charge in [0.05, 0.1) is 32.1 Å². The maximum Gasteiger partial charge on any atom is 0.272 e. The second kappa shape index (κ2) is 6.90. The number of likely N-dealkylation sites (tertiary alicyclic amines) is 1. The molecule has 0 spiro atoms. The van der Waals surface area contributed by atoms with Crippen LogP contribution in [0.3, 0.4) is 0 Å². The predicted molar refractivity (Wildman–Crippen MR) is 90.8 cm³/mol. The van der Waals surface area contributed by atoms with E-state index in [0.29, 0.717) is 51.1 Å². The lowest BCUT2D eigenvalue weighted by Crippen LogP contribution is -2.37. The lowest BCUT2D eigenvalue weighted by molar-refractivity contribution is 0.0174. The minimum absolute atomic E-state index is 0.0147. The highest BCUT2D eigenvalue weighted by Crippen LogP contribution is 2.42. The number of amides is 1. The molecular weight excluding hydrogens is 318 g/mol. The van der Waals surface area contributed by atoms with E-state index in [1.807, 2.05) is 35.2 Å². The third kappa shape index (κ3) is 3.27. The van der Waals surface area contributed by atoms with E-state index in [1.165, 1.54) is 0 Å². The molecule has 0 unspecified atom stereocenters. The van der Waals surface area contributed by atoms with Crippen LogP contribution in [0.15, 0.2) is 48.8 Å². The van der Waals surface area contributed by atoms with E-state index in [0.717, 1.165) is 5.69 Å². The van der Waals surface area contributed by atoms with Gasteiger partial charge in [-0.15, -0.1) is 0 Å². The Morgan fingerprint density at radius 2 is 2.08 bits per heavy atom. The van der Waals surface area contributed by atoms with Crippen LogP contribution in [-0.2, 0) is 16.1 Å². The van der Waals surface area contributed by atoms with Crippen LogP contribution in [0.4, 0.5) is 0 Å². The highest BCUT2D eigenvalue weighted by Gasteiger charge is 2.52. The van der Waals surface area contributed by atoms with Crippen LogP contribution < -0.4 is 0 Å². The number of pyridine rings is 2. The lowest BCUT2D eigenvalue weighted by Gasteiger charge is -2.26. The van der Waals surface area contributed by atoms with Crippen molar-refractivity contribution in [2.24, 2.45) is 11.3 Å². The molecule has 0 aliphatic carbocycles. The molecule has 2 atom stereocenters. The summed E-state index contributed by atoms with van der Waals surface area (Å²) < 4.78 is 11.6. The first-order chi connectivity index (χ1) is 12.3. The molecule has 6 heteroatoms. The summed E-state index contributed by atoms with van der Waals surface area (Å²) in [6.07, 6.45) is 3.42. The van der Waals surface area contributed by atoms with Gasteiger partial charge in [0.25, 0.3) is 5.91 Å². The highest BCUT2D eigenvalue weighted by atomic mass is 16.5. The van der Waals surface area contributed by atoms with E-state index >= 15 is 0 Å². The number of aromatic nitrogens is 2. The normalized spacial score (nSPS) is 25.1. The molecule has 2 aromatic rings. The molecule has 4 heterocycles. The van der Waals surface area contributed by atoms with Crippen LogP contribution in [0.5, 0.6) is 0 Å². The lowest BCUT2D eigenvalue weighted by atomic mass is 9.82. The average Bonchev–Trinajstić information content (AvgIpc) is 3.20. The van der Waals surface area contributed by atoms with E-state index in [2.05, 4.69) is 9.97 Å². The van der Waals surface area contributed by atoms with Gasteiger partial charge < -0.3 is 14.4 Å². The van der Waals surface area contributed by atoms with Crippen molar-refractivity contribution in [1.29, 1.82) is 0 Å². The number of fused-ring (bicyclic) bond motifs is 1. The van der Waals surface area contributed by atoms with E-state index in [-0.39, 0.29) is 11.3 Å². The van der Waals surface area contributed by atoms with Crippen LogP contribution in [0.2, 0.25) is 0 Å². The van der Waals surface area contributed by atoms with E-state index in [1.54, 1.807) is 18.5 Å². The maximum atomic E-state index is 12.7. The molecule has 2 fully saturated rings. The molecule has 2 aromatic heterocycles. The van der Waals surface area contributed by atoms with Gasteiger partial charge in [-0.2, -0.15) is 0 Å². The summed E-state index contributed by atoms with van der Waals surface area (Å²) in [6, 6.07) is 11.2. The summed E-state index contributed by atoms with van der Waals surface area (Å²) in [5, 5.41) is 0. The summed E-state index contributed by atoms with van der Waals surface area (Å²) in [7, 11) is 0. The molecule has 2 saturated heterocycles. The minimum Gasteiger partial charge on any atom is -0.380 e. The van der Waals surface area contributed by atoms with Gasteiger partial charge in [-0.25, -0.2) is 0 Å². The molecule has 0 radical (unpaired) electrons. The SMILES string of the molecule is O=C(c1ccccn1)N1C[C@@H]2COC[C@]2(COCc2ccccn2)C1. The topological polar surface area (TPSA) is 64.6 Å². The van der Waals surface area contributed by atoms with Crippen molar-refractivity contribution in [3.8, 4) is 0 Å². The van der Waals surface area contributed by atoms with Gasteiger partial charge in [-0.05, 0) is 24.3 Å². The molecule has 0 aromatic carbocycles. The Balaban J connectivity index is 1.41. The van der Waals surface area contributed by atoms with Crippen molar-refractivity contribution < 1.29 is 14.3 Å². The molecule has 0 saturated carbocycles. The van der Waals surface area contributed by atoms with Crippen LogP contribution in [-0.4, -0.2) is 53.7 Å². The van der Waals surface area contributed by atoms with Crippen molar-refractivity contribution in [3.05, 3.63) is 60.2 Å². The van der Waals surface area contributed by atoms with Gasteiger partial charge in [0.1, 0.15) is 5.69 Å². The van der Waals surface area contributed by atoms with Crippen molar-refractivity contribution in [2.45, 2.75) is 6.61 Å². The summed E-state index contributed by atoms with van der Waals surface area (Å²) >= 11 is 0. The Kier molecular flexibility index (Phi) is 4.46. The summed E-state index contributed by atoms with van der Waals surface area (Å²) in [5.41, 5.74) is 1.28. The van der Waals surface area contributed by atoms with Gasteiger partial charge in [-0.1, -0.05) is 12.1 Å². The van der Waals surface area contributed by atoms with Crippen molar-refractivity contribution in [1.82, 2.24) is 14.9 Å². The quantitative estimate of drug-likeness (QED) is 0.831. The fraction of sp³-hybridized carbons (Fsp3) is 0.421. The van der Waals surface area contributed by atoms with Crippen molar-refractivity contribution in [3.63, 3.8) is 0 Å². The molecule has 1 amide bonds. The van der Waals surface area contributed by atoms with Gasteiger partial charge in [0, 0.05) is 36.8 Å². The van der Waals surface area contributed by atoms with Gasteiger partial charge in [0.15, 0.2) is 0 Å². The zero-order valence-corrected chi connectivity index (χ0v) is 14.0. The fourth-order valence-corrected chi connectivity index (χ4v) is 3.68. The molecule has 2 aliphatic heterocycles. The number of nitrogens with zero attached hydrogens (tertiary/aromatic N) is 3. The Labute approximate surface area is 146 Å². The molecule has 2 aliphatic rings. The maximum absolute atomic E-state index is 12.7. The van der Waals surface area contributed by atoms with Gasteiger partial charge >= 0.3 is 0 Å². The second-order valence-electron chi connectivity index (χ2n) is 6.79. The van der Waals surface area contributed by atoms with Crippen LogP contribution in [0, 0.1) is 11.3 Å². The third-order valence-electron chi connectivity index (χ3n) is 5.06. The monoisotopic (exact) mass is 339 g/mol. The Morgan fingerprint density at radius 1 is 1.24 bits per heavy atom. The second-order valence-corrected chi connectivity index (χ2v) is 6.79. The zero-order valence-electron chi connectivity index (χ0n) is 14.0. The summed E-state index contributed by atoms with van der Waals surface area (Å²) in [6.45, 7) is 3.70. The van der Waals surface area contributed by atoms with Crippen molar-refractivity contribution >= 4 is 5.91 Å². The molecule has 4 rings (SSSR count). The molecule has 0 bridgehead atoms. The van der Waals surface area contributed by atoms with E-state index in [4.69, 9.17) is 9.47 Å². The highest BCUT2D eigenvalue weighted by molar-refractivity contribution is 5.92. The summed E-state index contributed by atoms with van der Waals surface area (Å²) in [5.74, 6) is 0.294. The van der Waals surface area contributed by atoms with Gasteiger partial charge in [0.2, 0.25) is 0 Å². The van der Waals surface area contributed by atoms with Gasteiger partial charge in [-0.3, -0.25) is 14.8 Å². The first kappa shape index (κ1) is 16.2.